The average molecular weight is 884 g/mol. The third-order valence-electron chi connectivity index (χ3n) is 12.5. The summed E-state index contributed by atoms with van der Waals surface area (Å²) in [4.78, 5) is 38.5. The van der Waals surface area contributed by atoms with E-state index in [0.29, 0.717) is 62.6 Å². The second-order valence-electron chi connectivity index (χ2n) is 18.4. The van der Waals surface area contributed by atoms with Crippen molar-refractivity contribution in [1.82, 2.24) is 19.9 Å². The minimum atomic E-state index is -3.07. The summed E-state index contributed by atoms with van der Waals surface area (Å²) in [5.74, 6) is -0.852. The molecule has 4 N–H and O–H groups in total. The number of hydrogen-bond donors (Lipinski definition) is 2. The third kappa shape index (κ3) is 8.67. The van der Waals surface area contributed by atoms with Crippen LogP contribution in [0, 0.1) is 11.3 Å². The van der Waals surface area contributed by atoms with Gasteiger partial charge < -0.3 is 35.1 Å². The lowest BCUT2D eigenvalue weighted by atomic mass is 9.72. The number of fused-ring (bicyclic) bond motifs is 1. The van der Waals surface area contributed by atoms with Crippen molar-refractivity contribution in [1.29, 1.82) is 5.26 Å². The number of nitriles is 1. The molecule has 6 atom stereocenters. The quantitative estimate of drug-likeness (QED) is 0.0658. The van der Waals surface area contributed by atoms with Crippen LogP contribution in [-0.2, 0) is 30.6 Å². The van der Waals surface area contributed by atoms with Crippen LogP contribution in [-0.4, -0.2) is 103 Å². The molecule has 2 aromatic heterocycles. The first-order valence-electron chi connectivity index (χ1n) is 21.2. The number of ether oxygens (including phenoxy) is 2. The summed E-state index contributed by atoms with van der Waals surface area (Å²) < 4.78 is 35.1. The highest BCUT2D eigenvalue weighted by atomic mass is 32.1. The molecule has 2 fully saturated rings. The number of carbonyl (C=O) groups excluding carboxylic acids is 1. The molecule has 0 bridgehead atoms. The van der Waals surface area contributed by atoms with Crippen LogP contribution in [0.15, 0.2) is 65.8 Å². The van der Waals surface area contributed by atoms with E-state index < -0.39 is 37.6 Å². The molecule has 4 heterocycles. The molecule has 1 unspecified atom stereocenters. The van der Waals surface area contributed by atoms with Gasteiger partial charge in [0.15, 0.2) is 0 Å². The fraction of sp³-hybridized carbons (Fsp3) is 0.511. The Hall–Kier alpha value is -4.99. The van der Waals surface area contributed by atoms with Gasteiger partial charge in [-0.15, -0.1) is 11.3 Å². The summed E-state index contributed by atoms with van der Waals surface area (Å²) in [5, 5.41) is 16.3. The van der Waals surface area contributed by atoms with Crippen molar-refractivity contribution in [3.05, 3.63) is 82.5 Å². The topological polar surface area (TPSA) is 187 Å². The number of oxime groups is 1. The number of halogens is 1. The van der Waals surface area contributed by atoms with Crippen molar-refractivity contribution in [3.63, 3.8) is 0 Å². The first-order valence-corrected chi connectivity index (χ1v) is 23.9. The highest BCUT2D eigenvalue weighted by molar-refractivity contribution is 7.16. The second kappa shape index (κ2) is 17.6. The van der Waals surface area contributed by atoms with Crippen molar-refractivity contribution in [2.24, 2.45) is 10.9 Å². The van der Waals surface area contributed by atoms with Crippen LogP contribution in [0.3, 0.4) is 0 Å². The minimum absolute atomic E-state index is 0.0547. The average Bonchev–Trinajstić information content (AvgIpc) is 3.72. The predicted molar refractivity (Wildman–Crippen MR) is 241 cm³/mol. The molecule has 0 spiro atoms. The highest BCUT2D eigenvalue weighted by Crippen LogP contribution is 2.46. The number of nitrogens with two attached hydrogens (primary N) is 2. The second-order valence-corrected chi connectivity index (χ2v) is 23.8. The van der Waals surface area contributed by atoms with Crippen molar-refractivity contribution in [2.45, 2.75) is 115 Å². The largest absolute Gasteiger partial charge is 0.459 e. The van der Waals surface area contributed by atoms with Gasteiger partial charge >= 0.3 is 12.0 Å². The first kappa shape index (κ1) is 45.0. The standard InChI is InChI=1S/C45H58FN9O5SSi/c1-28-25-57-27-44(6,60-62(43(3,4)5,31-16-11-9-12-17-31)32-18-13-10-14-19-32)26-55(28)41-50-39(51-42(52-41)58-29(2)34-22-30(46)24-54(34)8)37(48)53-59-40(56)45(7)21-15-20-35-36(45)33(23-47)38(49)61-35/h9-14,16-19,28-30,34H,15,20-22,24-27,49H2,1-8H3,(H2,48,53)/t28-,29?,30-,34-,44+,45+/m1/s1. The normalized spacial score (nSPS) is 25.4. The molecule has 14 nitrogen and oxygen atoms in total. The first-order chi connectivity index (χ1) is 29.4. The Labute approximate surface area is 368 Å². The number of nitrogens with zero attached hydrogens (tertiary/aromatic N) is 7. The number of alkyl halides is 1. The Morgan fingerprint density at radius 3 is 2.37 bits per heavy atom. The molecule has 4 aromatic rings. The van der Waals surface area contributed by atoms with Crippen LogP contribution >= 0.6 is 11.3 Å². The smallest absolute Gasteiger partial charge is 0.345 e. The maximum atomic E-state index is 14.5. The zero-order valence-electron chi connectivity index (χ0n) is 36.9. The summed E-state index contributed by atoms with van der Waals surface area (Å²) >= 11 is 1.32. The van der Waals surface area contributed by atoms with Gasteiger partial charge in [0.05, 0.1) is 42.4 Å². The molecule has 7 rings (SSSR count). The van der Waals surface area contributed by atoms with E-state index in [1.165, 1.54) is 11.3 Å². The molecule has 2 saturated heterocycles. The van der Waals surface area contributed by atoms with E-state index in [2.05, 4.69) is 92.4 Å². The molecule has 0 amide bonds. The molecular formula is C45H58FN9O5SSi. The van der Waals surface area contributed by atoms with Gasteiger partial charge in [-0.05, 0) is 75.8 Å². The number of hydrogen-bond acceptors (Lipinski definition) is 14. The SMILES string of the molecule is CC(Oc1nc(/C(N)=N/OC(=O)[C@@]2(C)CCCc3sc(N)c(C#N)c32)nc(N2C[C@](C)(O[Si](c3ccccc3)(c3ccccc3)C(C)(C)C)COC[C@H]2C)n1)[C@H]1C[C@@H](F)CN1C. The van der Waals surface area contributed by atoms with Crippen LogP contribution < -0.4 is 31.5 Å². The van der Waals surface area contributed by atoms with Gasteiger partial charge in [0.1, 0.15) is 23.3 Å². The summed E-state index contributed by atoms with van der Waals surface area (Å²) in [7, 11) is -1.21. The van der Waals surface area contributed by atoms with Gasteiger partial charge in [-0.25, -0.2) is 9.18 Å². The third-order valence-corrected chi connectivity index (χ3v) is 18.8. The monoisotopic (exact) mass is 883 g/mol. The molecule has 62 heavy (non-hydrogen) atoms. The van der Waals surface area contributed by atoms with Crippen molar-refractivity contribution >= 4 is 52.8 Å². The van der Waals surface area contributed by atoms with E-state index in [-0.39, 0.29) is 46.3 Å². The lowest BCUT2D eigenvalue weighted by Gasteiger charge is -2.49. The number of carbonyl (C=O) groups is 1. The number of benzene rings is 2. The van der Waals surface area contributed by atoms with Gasteiger partial charge in [-0.1, -0.05) is 86.6 Å². The van der Waals surface area contributed by atoms with Crippen molar-refractivity contribution in [3.8, 4) is 12.1 Å². The van der Waals surface area contributed by atoms with E-state index in [1.54, 1.807) is 6.92 Å². The maximum Gasteiger partial charge on any atom is 0.345 e. The Morgan fingerprint density at radius 2 is 1.77 bits per heavy atom. The number of amidine groups is 1. The number of likely N-dealkylation sites (tertiary alicyclic amines) is 1. The number of nitrogen functional groups attached to an aromatic ring is 1. The van der Waals surface area contributed by atoms with Gasteiger partial charge in [0, 0.05) is 23.0 Å². The van der Waals surface area contributed by atoms with Crippen LogP contribution in [0.2, 0.25) is 5.04 Å². The Kier molecular flexibility index (Phi) is 12.8. The fourth-order valence-corrected chi connectivity index (χ4v) is 15.4. The van der Waals surface area contributed by atoms with Gasteiger partial charge in [-0.2, -0.15) is 20.2 Å². The predicted octanol–water partition coefficient (Wildman–Crippen LogP) is 5.21. The Morgan fingerprint density at radius 1 is 1.11 bits per heavy atom. The molecular weight excluding hydrogens is 826 g/mol. The van der Waals surface area contributed by atoms with Crippen LogP contribution in [0.5, 0.6) is 6.01 Å². The van der Waals surface area contributed by atoms with E-state index in [1.807, 2.05) is 42.8 Å². The molecule has 0 radical (unpaired) electrons. The molecule has 2 aromatic carbocycles. The van der Waals surface area contributed by atoms with Crippen LogP contribution in [0.25, 0.3) is 0 Å². The summed E-state index contributed by atoms with van der Waals surface area (Å²) in [6, 6.07) is 22.5. The van der Waals surface area contributed by atoms with E-state index in [4.69, 9.17) is 40.2 Å². The lowest BCUT2D eigenvalue weighted by Crippen LogP contribution is -2.70. The molecule has 17 heteroatoms. The zero-order valence-corrected chi connectivity index (χ0v) is 38.7. The molecule has 0 saturated carbocycles. The van der Waals surface area contributed by atoms with Crippen LogP contribution in [0.4, 0.5) is 15.3 Å². The number of thiophene rings is 1. The lowest BCUT2D eigenvalue weighted by molar-refractivity contribution is -0.150. The zero-order chi connectivity index (χ0) is 44.6. The number of aryl methyl sites for hydroxylation is 1. The summed E-state index contributed by atoms with van der Waals surface area (Å²) in [5.41, 5.74) is 11.6. The molecule has 330 valence electrons. The Bertz CT molecular complexity index is 2290. The minimum Gasteiger partial charge on any atom is -0.459 e. The summed E-state index contributed by atoms with van der Waals surface area (Å²) in [6.07, 6.45) is 0.643. The highest BCUT2D eigenvalue weighted by Gasteiger charge is 2.55. The van der Waals surface area contributed by atoms with E-state index >= 15 is 0 Å². The fourth-order valence-electron chi connectivity index (χ4n) is 9.38. The number of rotatable bonds is 11. The summed E-state index contributed by atoms with van der Waals surface area (Å²) in [6.45, 7) is 15.6. The molecule has 1 aliphatic carbocycles. The number of likely N-dealkylation sites (N-methyl/N-ethyl adjacent to an activating group) is 1. The van der Waals surface area contributed by atoms with Gasteiger partial charge in [0.2, 0.25) is 17.6 Å². The van der Waals surface area contributed by atoms with E-state index in [9.17, 15) is 14.4 Å². The van der Waals surface area contributed by atoms with Gasteiger partial charge in [-0.3, -0.25) is 4.90 Å². The number of anilines is 2. The Balaban J connectivity index is 1.26. The maximum absolute atomic E-state index is 14.5. The van der Waals surface area contributed by atoms with Crippen LogP contribution in [0.1, 0.15) is 89.6 Å². The van der Waals surface area contributed by atoms with Crippen molar-refractivity contribution in [2.75, 3.05) is 44.0 Å². The van der Waals surface area contributed by atoms with Gasteiger partial charge in [0.25, 0.3) is 8.32 Å². The van der Waals surface area contributed by atoms with Crippen molar-refractivity contribution < 1.29 is 27.9 Å². The molecule has 2 aliphatic heterocycles. The van der Waals surface area contributed by atoms with E-state index in [0.717, 1.165) is 15.3 Å². The number of aromatic nitrogens is 3. The molecule has 3 aliphatic rings.